The van der Waals surface area contributed by atoms with Crippen LogP contribution in [0.4, 0.5) is 0 Å². The minimum atomic E-state index is 0.609. The zero-order valence-electron chi connectivity index (χ0n) is 30.1. The van der Waals surface area contributed by atoms with Crippen molar-refractivity contribution >= 4 is 53.4 Å². The third kappa shape index (κ3) is 5.48. The zero-order chi connectivity index (χ0) is 37.0. The van der Waals surface area contributed by atoms with Gasteiger partial charge in [-0.05, 0) is 64.2 Å². The Balaban J connectivity index is 1.09. The molecule has 0 atom stereocenters. The summed E-state index contributed by atoms with van der Waals surface area (Å²) in [6, 6.07) is 65.6. The van der Waals surface area contributed by atoms with Gasteiger partial charge in [-0.3, -0.25) is 0 Å². The van der Waals surface area contributed by atoms with E-state index in [4.69, 9.17) is 19.4 Å². The van der Waals surface area contributed by atoms with Crippen molar-refractivity contribution in [2.45, 2.75) is 0 Å². The van der Waals surface area contributed by atoms with Crippen LogP contribution in [0.5, 0.6) is 0 Å². The maximum absolute atomic E-state index is 6.68. The molecule has 262 valence electrons. The Morgan fingerprint density at radius 2 is 0.929 bits per heavy atom. The molecule has 0 aliphatic rings. The van der Waals surface area contributed by atoms with Gasteiger partial charge in [0.05, 0.1) is 0 Å². The van der Waals surface area contributed by atoms with E-state index in [1.807, 2.05) is 30.3 Å². The first-order valence-electron chi connectivity index (χ1n) is 18.7. The van der Waals surface area contributed by atoms with Crippen LogP contribution in [0, 0.1) is 0 Å². The minimum Gasteiger partial charge on any atom is -0.455 e. The quantitative estimate of drug-likeness (QED) is 0.171. The number of rotatable bonds is 6. The lowest BCUT2D eigenvalue weighted by atomic mass is 9.93. The first-order chi connectivity index (χ1) is 27.7. The van der Waals surface area contributed by atoms with Crippen LogP contribution in [0.3, 0.4) is 0 Å². The summed E-state index contributed by atoms with van der Waals surface area (Å²) < 4.78 is 9.10. The van der Waals surface area contributed by atoms with Crippen LogP contribution in [0.25, 0.3) is 110 Å². The summed E-state index contributed by atoms with van der Waals surface area (Å²) in [5, 5.41) is 4.41. The number of hydrogen-bond acceptors (Lipinski definition) is 5. The first-order valence-corrected chi connectivity index (χ1v) is 19.5. The van der Waals surface area contributed by atoms with E-state index in [9.17, 15) is 0 Å². The van der Waals surface area contributed by atoms with Gasteiger partial charge >= 0.3 is 0 Å². The molecule has 0 N–H and O–H groups in total. The smallest absolute Gasteiger partial charge is 0.164 e. The van der Waals surface area contributed by atoms with Gasteiger partial charge in [0.1, 0.15) is 11.2 Å². The number of thiophene rings is 1. The van der Waals surface area contributed by atoms with E-state index in [2.05, 4.69) is 158 Å². The van der Waals surface area contributed by atoms with Crippen molar-refractivity contribution in [2.75, 3.05) is 0 Å². The molecule has 4 nitrogen and oxygen atoms in total. The van der Waals surface area contributed by atoms with Crippen molar-refractivity contribution in [3.05, 3.63) is 188 Å². The Labute approximate surface area is 327 Å². The lowest BCUT2D eigenvalue weighted by molar-refractivity contribution is 0.670. The molecule has 0 bridgehead atoms. The van der Waals surface area contributed by atoms with Gasteiger partial charge in [-0.25, -0.2) is 15.0 Å². The lowest BCUT2D eigenvalue weighted by Gasteiger charge is -2.10. The second-order valence-electron chi connectivity index (χ2n) is 13.9. The summed E-state index contributed by atoms with van der Waals surface area (Å²) in [6.45, 7) is 0. The molecule has 0 radical (unpaired) electrons. The monoisotopic (exact) mass is 733 g/mol. The standard InChI is InChI=1S/C51H31N3OS/c1-4-14-32(15-5-1)35-27-29-45-43(30-35)47-41(24-13-25-46(47)56-45)51-53-49(34-18-8-3-9-19-34)52-50(54-51)36-26-28-44-42(31-36)40-23-12-22-39(48(40)55-44)38-21-11-10-20-37(38)33-16-6-2-7-17-33/h1-31H. The highest BCUT2D eigenvalue weighted by molar-refractivity contribution is 7.26. The van der Waals surface area contributed by atoms with Crippen LogP contribution in [-0.2, 0) is 0 Å². The fraction of sp³-hybridized carbons (Fsp3) is 0. The van der Waals surface area contributed by atoms with Crippen molar-refractivity contribution < 1.29 is 4.42 Å². The highest BCUT2D eigenvalue weighted by atomic mass is 32.1. The van der Waals surface area contributed by atoms with Gasteiger partial charge in [-0.15, -0.1) is 11.3 Å². The Morgan fingerprint density at radius 3 is 1.71 bits per heavy atom. The number of hydrogen-bond donors (Lipinski definition) is 0. The van der Waals surface area contributed by atoms with Crippen molar-refractivity contribution in [1.82, 2.24) is 15.0 Å². The summed E-state index contributed by atoms with van der Waals surface area (Å²) in [5.41, 5.74) is 11.4. The normalized spacial score (nSPS) is 11.6. The number of furan rings is 1. The number of para-hydroxylation sites is 1. The molecule has 3 heterocycles. The summed E-state index contributed by atoms with van der Waals surface area (Å²) in [4.78, 5) is 15.5. The van der Waals surface area contributed by atoms with Crippen LogP contribution in [0.15, 0.2) is 192 Å². The molecule has 0 aliphatic heterocycles. The molecule has 11 aromatic rings. The van der Waals surface area contributed by atoms with E-state index in [0.29, 0.717) is 17.5 Å². The van der Waals surface area contributed by atoms with Gasteiger partial charge in [0, 0.05) is 53.2 Å². The van der Waals surface area contributed by atoms with Gasteiger partial charge in [-0.2, -0.15) is 0 Å². The molecule has 0 aliphatic carbocycles. The maximum atomic E-state index is 6.68. The van der Waals surface area contributed by atoms with Crippen molar-refractivity contribution in [3.8, 4) is 67.5 Å². The van der Waals surface area contributed by atoms with Crippen LogP contribution in [0.2, 0.25) is 0 Å². The predicted molar refractivity (Wildman–Crippen MR) is 233 cm³/mol. The van der Waals surface area contributed by atoms with E-state index < -0.39 is 0 Å². The molecule has 11 rings (SSSR count). The molecule has 0 amide bonds. The lowest BCUT2D eigenvalue weighted by Crippen LogP contribution is -2.00. The maximum Gasteiger partial charge on any atom is 0.164 e. The molecule has 8 aromatic carbocycles. The molecular weight excluding hydrogens is 703 g/mol. The summed E-state index contributed by atoms with van der Waals surface area (Å²) in [5.74, 6) is 1.88. The first kappa shape index (κ1) is 32.2. The molecule has 3 aromatic heterocycles. The topological polar surface area (TPSA) is 51.8 Å². The van der Waals surface area contributed by atoms with E-state index in [0.717, 1.165) is 60.7 Å². The van der Waals surface area contributed by atoms with Gasteiger partial charge < -0.3 is 4.42 Å². The largest absolute Gasteiger partial charge is 0.455 e. The molecule has 0 saturated carbocycles. The van der Waals surface area contributed by atoms with Crippen molar-refractivity contribution in [3.63, 3.8) is 0 Å². The third-order valence-electron chi connectivity index (χ3n) is 10.6. The fourth-order valence-corrected chi connectivity index (χ4v) is 9.01. The molecule has 0 fully saturated rings. The van der Waals surface area contributed by atoms with Crippen LogP contribution in [0.1, 0.15) is 0 Å². The Morgan fingerprint density at radius 1 is 0.339 bits per heavy atom. The van der Waals surface area contributed by atoms with Gasteiger partial charge in [0.25, 0.3) is 0 Å². The summed E-state index contributed by atoms with van der Waals surface area (Å²) in [7, 11) is 0. The Hall–Kier alpha value is -7.21. The second kappa shape index (κ2) is 13.3. The van der Waals surface area contributed by atoms with E-state index in [-0.39, 0.29) is 0 Å². The molecular formula is C51H31N3OS. The fourth-order valence-electron chi connectivity index (χ4n) is 7.90. The number of fused-ring (bicyclic) bond motifs is 6. The minimum absolute atomic E-state index is 0.609. The number of benzene rings is 8. The predicted octanol–water partition coefficient (Wildman–Crippen LogP) is 14.1. The molecule has 5 heteroatoms. The SMILES string of the molecule is c1ccc(-c2ccc3sc4cccc(-c5nc(-c6ccccc6)nc(-c6ccc7oc8c(-c9ccccc9-c9ccccc9)cccc8c7c6)n5)c4c3c2)cc1. The number of aromatic nitrogens is 3. The summed E-state index contributed by atoms with van der Waals surface area (Å²) >= 11 is 1.80. The average Bonchev–Trinajstić information content (AvgIpc) is 3.85. The zero-order valence-corrected chi connectivity index (χ0v) is 30.9. The Bertz CT molecular complexity index is 3240. The van der Waals surface area contributed by atoms with Gasteiger partial charge in [-0.1, -0.05) is 152 Å². The van der Waals surface area contributed by atoms with Crippen LogP contribution < -0.4 is 0 Å². The second-order valence-corrected chi connectivity index (χ2v) is 15.0. The highest BCUT2D eigenvalue weighted by Crippen LogP contribution is 2.43. The summed E-state index contributed by atoms with van der Waals surface area (Å²) in [6.07, 6.45) is 0. The van der Waals surface area contributed by atoms with Crippen molar-refractivity contribution in [2.24, 2.45) is 0 Å². The van der Waals surface area contributed by atoms with Gasteiger partial charge in [0.2, 0.25) is 0 Å². The van der Waals surface area contributed by atoms with Crippen LogP contribution in [-0.4, -0.2) is 15.0 Å². The molecule has 0 spiro atoms. The molecule has 0 saturated heterocycles. The highest BCUT2D eigenvalue weighted by Gasteiger charge is 2.20. The third-order valence-corrected chi connectivity index (χ3v) is 11.7. The van der Waals surface area contributed by atoms with E-state index in [1.54, 1.807) is 11.3 Å². The van der Waals surface area contributed by atoms with E-state index in [1.165, 1.54) is 31.5 Å². The molecule has 0 unspecified atom stereocenters. The molecule has 56 heavy (non-hydrogen) atoms. The number of nitrogens with zero attached hydrogens (tertiary/aromatic N) is 3. The average molecular weight is 734 g/mol. The Kier molecular flexibility index (Phi) is 7.64. The van der Waals surface area contributed by atoms with Gasteiger partial charge in [0.15, 0.2) is 17.5 Å². The van der Waals surface area contributed by atoms with Crippen molar-refractivity contribution in [1.29, 1.82) is 0 Å². The van der Waals surface area contributed by atoms with Crippen LogP contribution >= 0.6 is 11.3 Å². The van der Waals surface area contributed by atoms with E-state index >= 15 is 0 Å².